The van der Waals surface area contributed by atoms with E-state index in [1.165, 1.54) is 0 Å². The number of benzene rings is 2. The van der Waals surface area contributed by atoms with Crippen LogP contribution in [0.2, 0.25) is 0 Å². The van der Waals surface area contributed by atoms with E-state index in [1.54, 1.807) is 4.90 Å². The van der Waals surface area contributed by atoms with Crippen molar-refractivity contribution in [3.05, 3.63) is 82.2 Å². The first kappa shape index (κ1) is 17.9. The van der Waals surface area contributed by atoms with E-state index in [2.05, 4.69) is 12.0 Å². The predicted molar refractivity (Wildman–Crippen MR) is 105 cm³/mol. The van der Waals surface area contributed by atoms with E-state index >= 15 is 0 Å². The van der Waals surface area contributed by atoms with Crippen LogP contribution in [-0.2, 0) is 6.54 Å². The van der Waals surface area contributed by atoms with Crippen LogP contribution in [0.4, 0.5) is 0 Å². The third-order valence-electron chi connectivity index (χ3n) is 5.02. The number of carbonyl (C=O) groups excluding carboxylic acids is 1. The summed E-state index contributed by atoms with van der Waals surface area (Å²) in [6, 6.07) is 15.9. The third-order valence-corrected chi connectivity index (χ3v) is 5.02. The Morgan fingerprint density at radius 1 is 1.00 bits per heavy atom. The Balaban J connectivity index is 1.88. The van der Waals surface area contributed by atoms with Gasteiger partial charge in [-0.2, -0.15) is 5.10 Å². The Kier molecular flexibility index (Phi) is 4.94. The zero-order chi connectivity index (χ0) is 18.8. The molecular weight excluding hydrogens is 322 g/mol. The normalized spacial score (nSPS) is 10.8. The van der Waals surface area contributed by atoms with Crippen molar-refractivity contribution in [3.8, 4) is 5.69 Å². The molecule has 4 nitrogen and oxygen atoms in total. The lowest BCUT2D eigenvalue weighted by molar-refractivity contribution is 0.0784. The largest absolute Gasteiger partial charge is 0.337 e. The fraction of sp³-hybridized carbons (Fsp3) is 0.273. The summed E-state index contributed by atoms with van der Waals surface area (Å²) in [7, 11) is 1.85. The van der Waals surface area contributed by atoms with Crippen LogP contribution in [0.5, 0.6) is 0 Å². The number of hydrogen-bond acceptors (Lipinski definition) is 2. The molecule has 0 saturated carbocycles. The molecule has 26 heavy (non-hydrogen) atoms. The van der Waals surface area contributed by atoms with Crippen LogP contribution in [-0.4, -0.2) is 27.6 Å². The topological polar surface area (TPSA) is 38.1 Å². The van der Waals surface area contributed by atoms with Gasteiger partial charge >= 0.3 is 0 Å². The second kappa shape index (κ2) is 7.16. The molecule has 0 aliphatic rings. The monoisotopic (exact) mass is 347 g/mol. The SMILES string of the molecule is Cc1cccc(C(=O)N(C)Cc2c(C)nn(-c3ccccc3)c2C)c1C. The summed E-state index contributed by atoms with van der Waals surface area (Å²) in [6.45, 7) is 8.62. The van der Waals surface area contributed by atoms with Crippen molar-refractivity contribution in [1.29, 1.82) is 0 Å². The van der Waals surface area contributed by atoms with Gasteiger partial charge in [-0.1, -0.05) is 30.3 Å². The first-order chi connectivity index (χ1) is 12.4. The molecule has 0 N–H and O–H groups in total. The van der Waals surface area contributed by atoms with E-state index in [9.17, 15) is 4.79 Å². The molecule has 1 heterocycles. The number of hydrogen-bond donors (Lipinski definition) is 0. The molecule has 0 atom stereocenters. The number of rotatable bonds is 4. The lowest BCUT2D eigenvalue weighted by Crippen LogP contribution is -2.27. The van der Waals surface area contributed by atoms with Gasteiger partial charge in [-0.05, 0) is 57.0 Å². The molecule has 3 aromatic rings. The first-order valence-corrected chi connectivity index (χ1v) is 8.82. The van der Waals surface area contributed by atoms with Gasteiger partial charge in [-0.15, -0.1) is 0 Å². The molecule has 2 aromatic carbocycles. The number of para-hydroxylation sites is 1. The van der Waals surface area contributed by atoms with E-state index < -0.39 is 0 Å². The van der Waals surface area contributed by atoms with Crippen LogP contribution < -0.4 is 0 Å². The maximum absolute atomic E-state index is 12.9. The Bertz CT molecular complexity index is 942. The van der Waals surface area contributed by atoms with E-state index in [1.807, 2.05) is 81.0 Å². The summed E-state index contributed by atoms with van der Waals surface area (Å²) >= 11 is 0. The summed E-state index contributed by atoms with van der Waals surface area (Å²) in [5, 5.41) is 4.68. The smallest absolute Gasteiger partial charge is 0.254 e. The number of carbonyl (C=O) groups is 1. The van der Waals surface area contributed by atoms with Gasteiger partial charge in [0.15, 0.2) is 0 Å². The van der Waals surface area contributed by atoms with Crippen LogP contribution in [0.3, 0.4) is 0 Å². The molecule has 134 valence electrons. The van der Waals surface area contributed by atoms with E-state index in [0.29, 0.717) is 6.54 Å². The molecule has 4 heteroatoms. The average Bonchev–Trinajstić information content (AvgIpc) is 2.92. The van der Waals surface area contributed by atoms with E-state index in [-0.39, 0.29) is 5.91 Å². The highest BCUT2D eigenvalue weighted by Crippen LogP contribution is 2.21. The molecule has 0 unspecified atom stereocenters. The van der Waals surface area contributed by atoms with Crippen molar-refractivity contribution in [3.63, 3.8) is 0 Å². The fourth-order valence-corrected chi connectivity index (χ4v) is 3.22. The highest BCUT2D eigenvalue weighted by Gasteiger charge is 2.19. The van der Waals surface area contributed by atoms with Crippen LogP contribution in [0.15, 0.2) is 48.5 Å². The number of nitrogens with zero attached hydrogens (tertiary/aromatic N) is 3. The lowest BCUT2D eigenvalue weighted by Gasteiger charge is -2.19. The zero-order valence-corrected chi connectivity index (χ0v) is 16.1. The van der Waals surface area contributed by atoms with Crippen molar-refractivity contribution >= 4 is 5.91 Å². The number of aryl methyl sites for hydroxylation is 2. The minimum absolute atomic E-state index is 0.0393. The fourth-order valence-electron chi connectivity index (χ4n) is 3.22. The summed E-state index contributed by atoms with van der Waals surface area (Å²) in [5.74, 6) is 0.0393. The molecule has 0 saturated heterocycles. The molecule has 0 bridgehead atoms. The van der Waals surface area contributed by atoms with Crippen molar-refractivity contribution in [2.45, 2.75) is 34.2 Å². The maximum Gasteiger partial charge on any atom is 0.254 e. The van der Waals surface area contributed by atoms with E-state index in [0.717, 1.165) is 39.3 Å². The molecule has 1 amide bonds. The summed E-state index contributed by atoms with van der Waals surface area (Å²) in [6.07, 6.45) is 0. The molecule has 0 aliphatic heterocycles. The minimum Gasteiger partial charge on any atom is -0.337 e. The summed E-state index contributed by atoms with van der Waals surface area (Å²) in [4.78, 5) is 14.7. The maximum atomic E-state index is 12.9. The standard InChI is InChI=1S/C22H25N3O/c1-15-10-9-13-20(16(15)2)22(26)24(5)14-21-17(3)23-25(18(21)4)19-11-7-6-8-12-19/h6-13H,14H2,1-5H3. The van der Waals surface area contributed by atoms with Crippen LogP contribution in [0, 0.1) is 27.7 Å². The van der Waals surface area contributed by atoms with Crippen molar-refractivity contribution in [1.82, 2.24) is 14.7 Å². The van der Waals surface area contributed by atoms with Gasteiger partial charge < -0.3 is 4.90 Å². The third kappa shape index (κ3) is 3.27. The van der Waals surface area contributed by atoms with Crippen molar-refractivity contribution in [2.24, 2.45) is 0 Å². The van der Waals surface area contributed by atoms with Gasteiger partial charge in [0.05, 0.1) is 11.4 Å². The zero-order valence-electron chi connectivity index (χ0n) is 16.1. The lowest BCUT2D eigenvalue weighted by atomic mass is 10.0. The number of aromatic nitrogens is 2. The van der Waals surface area contributed by atoms with E-state index in [4.69, 9.17) is 0 Å². The summed E-state index contributed by atoms with van der Waals surface area (Å²) in [5.41, 5.74) is 7.07. The molecule has 0 fully saturated rings. The highest BCUT2D eigenvalue weighted by atomic mass is 16.2. The molecule has 0 spiro atoms. The summed E-state index contributed by atoms with van der Waals surface area (Å²) < 4.78 is 1.95. The Morgan fingerprint density at radius 2 is 1.69 bits per heavy atom. The molecule has 3 rings (SSSR count). The molecule has 0 aliphatic carbocycles. The highest BCUT2D eigenvalue weighted by molar-refractivity contribution is 5.95. The van der Waals surface area contributed by atoms with Gasteiger partial charge in [0.25, 0.3) is 5.91 Å². The second-order valence-corrected chi connectivity index (χ2v) is 6.81. The van der Waals surface area contributed by atoms with Gasteiger partial charge in [-0.3, -0.25) is 4.79 Å². The second-order valence-electron chi connectivity index (χ2n) is 6.81. The average molecular weight is 347 g/mol. The van der Waals surface area contributed by atoms with Gasteiger partial charge in [0, 0.05) is 30.4 Å². The first-order valence-electron chi connectivity index (χ1n) is 8.82. The minimum atomic E-state index is 0.0393. The van der Waals surface area contributed by atoms with Crippen molar-refractivity contribution < 1.29 is 4.79 Å². The Hall–Kier alpha value is -2.88. The van der Waals surface area contributed by atoms with Gasteiger partial charge in [-0.25, -0.2) is 4.68 Å². The van der Waals surface area contributed by atoms with Crippen molar-refractivity contribution in [2.75, 3.05) is 7.05 Å². The predicted octanol–water partition coefficient (Wildman–Crippen LogP) is 4.38. The van der Waals surface area contributed by atoms with Gasteiger partial charge in [0.1, 0.15) is 0 Å². The Morgan fingerprint density at radius 3 is 2.38 bits per heavy atom. The molecular formula is C22H25N3O. The van der Waals surface area contributed by atoms with Gasteiger partial charge in [0.2, 0.25) is 0 Å². The molecule has 1 aromatic heterocycles. The Labute approximate surface area is 155 Å². The van der Waals surface area contributed by atoms with Crippen LogP contribution in [0.1, 0.15) is 38.4 Å². The van der Waals surface area contributed by atoms with Crippen LogP contribution in [0.25, 0.3) is 5.69 Å². The number of amides is 1. The molecule has 0 radical (unpaired) electrons. The van der Waals surface area contributed by atoms with Crippen LogP contribution >= 0.6 is 0 Å². The quantitative estimate of drug-likeness (QED) is 0.702.